The highest BCUT2D eigenvalue weighted by atomic mass is 19.1. The predicted octanol–water partition coefficient (Wildman–Crippen LogP) is 1.82. The van der Waals surface area contributed by atoms with Gasteiger partial charge in [0.1, 0.15) is 17.3 Å². The van der Waals surface area contributed by atoms with Gasteiger partial charge in [-0.3, -0.25) is 9.36 Å². The Balaban J connectivity index is 1.60. The third-order valence-electron chi connectivity index (χ3n) is 4.40. The Labute approximate surface area is 143 Å². The van der Waals surface area contributed by atoms with Gasteiger partial charge in [0.15, 0.2) is 5.82 Å². The first kappa shape index (κ1) is 15.5. The van der Waals surface area contributed by atoms with E-state index in [1.807, 2.05) is 6.92 Å². The fourth-order valence-electron chi connectivity index (χ4n) is 3.08. The third-order valence-corrected chi connectivity index (χ3v) is 4.40. The largest absolute Gasteiger partial charge is 0.328 e. The molecule has 0 saturated heterocycles. The van der Waals surface area contributed by atoms with Crippen LogP contribution in [0.5, 0.6) is 0 Å². The fraction of sp³-hybridized carbons (Fsp3) is 0.294. The number of aromatic nitrogens is 5. The maximum Gasteiger partial charge on any atom is 0.272 e. The molecule has 8 heteroatoms. The first-order valence-corrected chi connectivity index (χ1v) is 8.16. The number of carbonyl (C=O) groups is 1. The van der Waals surface area contributed by atoms with Gasteiger partial charge in [-0.15, -0.1) is 10.2 Å². The number of hydrogen-bond acceptors (Lipinski definition) is 4. The first-order chi connectivity index (χ1) is 12.2. The van der Waals surface area contributed by atoms with Crippen molar-refractivity contribution in [1.82, 2.24) is 29.2 Å². The van der Waals surface area contributed by atoms with E-state index in [0.29, 0.717) is 31.0 Å². The Morgan fingerprint density at radius 1 is 1.20 bits per heavy atom. The highest BCUT2D eigenvalue weighted by Gasteiger charge is 2.26. The number of hydrogen-bond donors (Lipinski definition) is 0. The second-order valence-corrected chi connectivity index (χ2v) is 5.89. The monoisotopic (exact) mass is 340 g/mol. The molecule has 25 heavy (non-hydrogen) atoms. The number of rotatable bonds is 3. The zero-order valence-corrected chi connectivity index (χ0v) is 13.8. The molecule has 1 aliphatic heterocycles. The van der Waals surface area contributed by atoms with Crippen LogP contribution in [-0.2, 0) is 19.5 Å². The van der Waals surface area contributed by atoms with Crippen LogP contribution in [0.25, 0.3) is 5.69 Å². The van der Waals surface area contributed by atoms with E-state index in [-0.39, 0.29) is 11.7 Å². The average Bonchev–Trinajstić information content (AvgIpc) is 3.28. The van der Waals surface area contributed by atoms with Crippen LogP contribution in [0.15, 0.2) is 36.8 Å². The Morgan fingerprint density at radius 2 is 2.00 bits per heavy atom. The Morgan fingerprint density at radius 3 is 2.76 bits per heavy atom. The fourth-order valence-corrected chi connectivity index (χ4v) is 3.08. The highest BCUT2D eigenvalue weighted by molar-refractivity contribution is 5.93. The zero-order valence-electron chi connectivity index (χ0n) is 13.8. The van der Waals surface area contributed by atoms with E-state index in [0.717, 1.165) is 18.1 Å². The van der Waals surface area contributed by atoms with E-state index in [2.05, 4.69) is 19.7 Å². The molecule has 0 atom stereocenters. The van der Waals surface area contributed by atoms with Crippen molar-refractivity contribution >= 4 is 5.91 Å². The first-order valence-electron chi connectivity index (χ1n) is 8.16. The number of amides is 1. The summed E-state index contributed by atoms with van der Waals surface area (Å²) in [6.07, 6.45) is 3.91. The normalized spacial score (nSPS) is 13.8. The SMILES string of the molecule is CCc1nnc2n1CCN(C(=O)c1cncn1-c1ccc(F)cc1)C2. The molecule has 0 aliphatic carbocycles. The lowest BCUT2D eigenvalue weighted by molar-refractivity contribution is 0.0698. The Bertz CT molecular complexity index is 914. The van der Waals surface area contributed by atoms with Crippen molar-refractivity contribution in [3.05, 3.63) is 59.9 Å². The van der Waals surface area contributed by atoms with Crippen LogP contribution in [-0.4, -0.2) is 41.7 Å². The van der Waals surface area contributed by atoms with Crippen LogP contribution in [0.2, 0.25) is 0 Å². The van der Waals surface area contributed by atoms with Gasteiger partial charge in [-0.25, -0.2) is 9.37 Å². The molecule has 0 saturated carbocycles. The molecule has 3 heterocycles. The minimum atomic E-state index is -0.321. The summed E-state index contributed by atoms with van der Waals surface area (Å²) < 4.78 is 16.9. The minimum Gasteiger partial charge on any atom is -0.328 e. The molecule has 1 aliphatic rings. The summed E-state index contributed by atoms with van der Waals surface area (Å²) in [5, 5.41) is 8.35. The third kappa shape index (κ3) is 2.69. The molecule has 1 aromatic carbocycles. The van der Waals surface area contributed by atoms with Crippen molar-refractivity contribution in [3.63, 3.8) is 0 Å². The number of imidazole rings is 1. The second-order valence-electron chi connectivity index (χ2n) is 5.89. The molecular formula is C17H17FN6O. The molecule has 1 amide bonds. The molecule has 128 valence electrons. The van der Waals surface area contributed by atoms with Gasteiger partial charge in [0.2, 0.25) is 0 Å². The van der Waals surface area contributed by atoms with Gasteiger partial charge in [0.05, 0.1) is 19.1 Å². The summed E-state index contributed by atoms with van der Waals surface area (Å²) >= 11 is 0. The van der Waals surface area contributed by atoms with Crippen molar-refractivity contribution in [2.45, 2.75) is 26.4 Å². The predicted molar refractivity (Wildman–Crippen MR) is 87.7 cm³/mol. The second kappa shape index (κ2) is 6.12. The molecule has 7 nitrogen and oxygen atoms in total. The van der Waals surface area contributed by atoms with E-state index >= 15 is 0 Å². The number of carbonyl (C=O) groups excluding carboxylic acids is 1. The average molecular weight is 340 g/mol. The van der Waals surface area contributed by atoms with E-state index in [9.17, 15) is 9.18 Å². The lowest BCUT2D eigenvalue weighted by Gasteiger charge is -2.28. The summed E-state index contributed by atoms with van der Waals surface area (Å²) in [7, 11) is 0. The summed E-state index contributed by atoms with van der Waals surface area (Å²) in [6.45, 7) is 3.73. The minimum absolute atomic E-state index is 0.130. The van der Waals surface area contributed by atoms with Crippen molar-refractivity contribution in [2.75, 3.05) is 6.54 Å². The molecule has 0 spiro atoms. The van der Waals surface area contributed by atoms with Crippen LogP contribution < -0.4 is 0 Å². The Hall–Kier alpha value is -3.03. The molecule has 0 radical (unpaired) electrons. The van der Waals surface area contributed by atoms with Gasteiger partial charge in [-0.1, -0.05) is 6.92 Å². The van der Waals surface area contributed by atoms with Crippen LogP contribution in [0.3, 0.4) is 0 Å². The summed E-state index contributed by atoms with van der Waals surface area (Å²) in [4.78, 5) is 18.8. The van der Waals surface area contributed by atoms with Crippen LogP contribution >= 0.6 is 0 Å². The van der Waals surface area contributed by atoms with Gasteiger partial charge >= 0.3 is 0 Å². The number of halogens is 1. The molecule has 3 aromatic rings. The summed E-state index contributed by atoms with van der Waals surface area (Å²) in [5.41, 5.74) is 1.13. The van der Waals surface area contributed by atoms with Crippen LogP contribution in [0.1, 0.15) is 29.1 Å². The van der Waals surface area contributed by atoms with Gasteiger partial charge < -0.3 is 9.47 Å². The molecular weight excluding hydrogens is 323 g/mol. The van der Waals surface area contributed by atoms with E-state index < -0.39 is 0 Å². The lowest BCUT2D eigenvalue weighted by atomic mass is 10.2. The smallest absolute Gasteiger partial charge is 0.272 e. The van der Waals surface area contributed by atoms with E-state index in [1.165, 1.54) is 18.3 Å². The molecule has 0 bridgehead atoms. The summed E-state index contributed by atoms with van der Waals surface area (Å²) in [5.74, 6) is 1.29. The number of aryl methyl sites for hydroxylation is 1. The topological polar surface area (TPSA) is 68.8 Å². The maximum absolute atomic E-state index is 13.1. The van der Waals surface area contributed by atoms with Gasteiger partial charge in [-0.2, -0.15) is 0 Å². The summed E-state index contributed by atoms with van der Waals surface area (Å²) in [6, 6.07) is 5.96. The molecule has 4 rings (SSSR count). The van der Waals surface area contributed by atoms with Crippen molar-refractivity contribution in [2.24, 2.45) is 0 Å². The van der Waals surface area contributed by atoms with Crippen molar-refractivity contribution in [1.29, 1.82) is 0 Å². The van der Waals surface area contributed by atoms with Crippen LogP contribution in [0.4, 0.5) is 4.39 Å². The standard InChI is InChI=1S/C17H17FN6O/c1-2-15-20-21-16-10-22(7-8-23(15)16)17(25)14-9-19-11-24(14)13-5-3-12(18)4-6-13/h3-6,9,11H,2,7-8,10H2,1H3. The van der Waals surface area contributed by atoms with Gasteiger partial charge in [0.25, 0.3) is 5.91 Å². The van der Waals surface area contributed by atoms with Gasteiger partial charge in [0, 0.05) is 25.2 Å². The zero-order chi connectivity index (χ0) is 17.4. The Kier molecular flexibility index (Phi) is 3.79. The number of fused-ring (bicyclic) bond motifs is 1. The van der Waals surface area contributed by atoms with E-state index in [1.54, 1.807) is 27.9 Å². The molecule has 2 aromatic heterocycles. The van der Waals surface area contributed by atoms with E-state index in [4.69, 9.17) is 0 Å². The van der Waals surface area contributed by atoms with Crippen molar-refractivity contribution in [3.8, 4) is 5.69 Å². The number of nitrogens with zero attached hydrogens (tertiary/aromatic N) is 6. The van der Waals surface area contributed by atoms with Crippen molar-refractivity contribution < 1.29 is 9.18 Å². The quantitative estimate of drug-likeness (QED) is 0.729. The number of benzene rings is 1. The van der Waals surface area contributed by atoms with Crippen LogP contribution in [0, 0.1) is 5.82 Å². The maximum atomic E-state index is 13.1. The van der Waals surface area contributed by atoms with Gasteiger partial charge in [-0.05, 0) is 24.3 Å². The molecule has 0 N–H and O–H groups in total. The molecule has 0 fully saturated rings. The highest BCUT2D eigenvalue weighted by Crippen LogP contribution is 2.18. The lowest BCUT2D eigenvalue weighted by Crippen LogP contribution is -2.39. The molecule has 0 unspecified atom stereocenters.